The molecule has 38 heavy (non-hydrogen) atoms. The van der Waals surface area contributed by atoms with E-state index >= 15 is 0 Å². The van der Waals surface area contributed by atoms with Gasteiger partial charge in [-0.25, -0.2) is 9.97 Å². The van der Waals surface area contributed by atoms with E-state index in [1.54, 1.807) is 51.2 Å². The molecule has 3 heterocycles. The molecule has 1 aliphatic rings. The number of nitrogens with one attached hydrogen (secondary N) is 2. The Bertz CT molecular complexity index is 1410. The Kier molecular flexibility index (Phi) is 7.21. The summed E-state index contributed by atoms with van der Waals surface area (Å²) in [5.74, 6) is -1.18. The molecule has 0 fully saturated rings. The number of nitrogens with zero attached hydrogens (tertiary/aromatic N) is 4. The lowest BCUT2D eigenvalue weighted by Crippen LogP contribution is -2.24. The van der Waals surface area contributed by atoms with Crippen LogP contribution in [-0.4, -0.2) is 42.6 Å². The van der Waals surface area contributed by atoms with Gasteiger partial charge in [-0.15, -0.1) is 0 Å². The fourth-order valence-electron chi connectivity index (χ4n) is 4.57. The Morgan fingerprint density at radius 2 is 1.68 bits per heavy atom. The molecule has 0 aliphatic carbocycles. The topological polar surface area (TPSA) is 141 Å². The zero-order valence-electron chi connectivity index (χ0n) is 20.7. The SMILES string of the molecule is CCC(CC)(c1ccc(Nc2ncc(C(F)(F)F)c(Nc3nccc4c3C(=O)N(C)C4)n2)cc1)P(=O)(O)O. The molecular weight excluding hydrogens is 524 g/mol. The van der Waals surface area contributed by atoms with Crippen LogP contribution >= 0.6 is 7.60 Å². The summed E-state index contributed by atoms with van der Waals surface area (Å²) < 4.78 is 53.5. The summed E-state index contributed by atoms with van der Waals surface area (Å²) in [4.78, 5) is 45.7. The molecule has 0 unspecified atom stereocenters. The number of alkyl halides is 3. The molecule has 0 spiro atoms. The molecule has 0 atom stereocenters. The minimum absolute atomic E-state index is 0.0516. The number of aromatic nitrogens is 3. The summed E-state index contributed by atoms with van der Waals surface area (Å²) in [7, 11) is -2.90. The quantitative estimate of drug-likeness (QED) is 0.280. The molecule has 4 N–H and O–H groups in total. The van der Waals surface area contributed by atoms with Crippen molar-refractivity contribution < 1.29 is 32.3 Å². The van der Waals surface area contributed by atoms with Gasteiger partial charge in [0.05, 0.1) is 10.7 Å². The van der Waals surface area contributed by atoms with E-state index in [-0.39, 0.29) is 36.1 Å². The van der Waals surface area contributed by atoms with E-state index in [1.165, 1.54) is 11.1 Å². The molecule has 4 rings (SSSR count). The van der Waals surface area contributed by atoms with Crippen LogP contribution in [0.4, 0.5) is 36.4 Å². The van der Waals surface area contributed by atoms with Crippen molar-refractivity contribution in [2.24, 2.45) is 0 Å². The molecule has 202 valence electrons. The second-order valence-electron chi connectivity index (χ2n) is 8.92. The minimum atomic E-state index is -4.78. The third kappa shape index (κ3) is 4.96. The summed E-state index contributed by atoms with van der Waals surface area (Å²) in [5, 5.41) is 4.03. The van der Waals surface area contributed by atoms with Crippen molar-refractivity contribution in [2.75, 3.05) is 17.7 Å². The monoisotopic (exact) mass is 550 g/mol. The van der Waals surface area contributed by atoms with Gasteiger partial charge in [0.15, 0.2) is 0 Å². The first kappa shape index (κ1) is 27.5. The molecule has 3 aromatic rings. The molecule has 0 saturated carbocycles. The maximum Gasteiger partial charge on any atom is 0.421 e. The van der Waals surface area contributed by atoms with Crippen molar-refractivity contribution in [3.05, 3.63) is 65.0 Å². The number of rotatable bonds is 8. The van der Waals surface area contributed by atoms with Gasteiger partial charge in [-0.2, -0.15) is 18.2 Å². The molecule has 2 aromatic heterocycles. The fourth-order valence-corrected chi connectivity index (χ4v) is 5.88. The molecule has 0 saturated heterocycles. The lowest BCUT2D eigenvalue weighted by Gasteiger charge is -2.33. The van der Waals surface area contributed by atoms with Gasteiger partial charge in [-0.1, -0.05) is 26.0 Å². The van der Waals surface area contributed by atoms with Gasteiger partial charge in [0.2, 0.25) is 5.95 Å². The van der Waals surface area contributed by atoms with Crippen LogP contribution in [0.15, 0.2) is 42.7 Å². The van der Waals surface area contributed by atoms with Gasteiger partial charge < -0.3 is 25.3 Å². The average molecular weight is 550 g/mol. The van der Waals surface area contributed by atoms with Gasteiger partial charge in [-0.05, 0) is 42.2 Å². The number of benzene rings is 1. The van der Waals surface area contributed by atoms with Crippen molar-refractivity contribution in [1.82, 2.24) is 19.9 Å². The smallest absolute Gasteiger partial charge is 0.337 e. The number of pyridine rings is 1. The van der Waals surface area contributed by atoms with E-state index < -0.39 is 30.3 Å². The Balaban J connectivity index is 1.66. The fraction of sp³-hybridized carbons (Fsp3) is 0.333. The maximum absolute atomic E-state index is 13.7. The third-order valence-electron chi connectivity index (χ3n) is 6.74. The van der Waals surface area contributed by atoms with E-state index in [9.17, 15) is 32.3 Å². The highest BCUT2D eigenvalue weighted by molar-refractivity contribution is 7.53. The van der Waals surface area contributed by atoms with E-state index in [2.05, 4.69) is 25.6 Å². The lowest BCUT2D eigenvalue weighted by molar-refractivity contribution is -0.137. The van der Waals surface area contributed by atoms with Gasteiger partial charge in [0.25, 0.3) is 5.91 Å². The maximum atomic E-state index is 13.7. The Morgan fingerprint density at radius 1 is 1.03 bits per heavy atom. The third-order valence-corrected chi connectivity index (χ3v) is 8.75. The van der Waals surface area contributed by atoms with E-state index in [1.807, 2.05) is 0 Å². The number of carbonyl (C=O) groups excluding carboxylic acids is 1. The molecule has 1 aromatic carbocycles. The minimum Gasteiger partial charge on any atom is -0.337 e. The van der Waals surface area contributed by atoms with Crippen molar-refractivity contribution in [2.45, 2.75) is 44.6 Å². The first-order valence-electron chi connectivity index (χ1n) is 11.7. The first-order valence-corrected chi connectivity index (χ1v) is 13.3. The molecule has 10 nitrogen and oxygen atoms in total. The van der Waals surface area contributed by atoms with Crippen molar-refractivity contribution in [3.63, 3.8) is 0 Å². The van der Waals surface area contributed by atoms with Crippen LogP contribution in [0.3, 0.4) is 0 Å². The number of anilines is 4. The Labute approximate surface area is 216 Å². The van der Waals surface area contributed by atoms with Crippen LogP contribution < -0.4 is 10.6 Å². The highest BCUT2D eigenvalue weighted by atomic mass is 31.2. The molecular formula is C24H26F3N6O4P. The highest BCUT2D eigenvalue weighted by Gasteiger charge is 2.45. The molecule has 1 aliphatic heterocycles. The predicted molar refractivity (Wildman–Crippen MR) is 134 cm³/mol. The summed E-state index contributed by atoms with van der Waals surface area (Å²) in [5.41, 5.74) is 0.486. The largest absolute Gasteiger partial charge is 0.421 e. The zero-order chi connectivity index (χ0) is 27.9. The summed E-state index contributed by atoms with van der Waals surface area (Å²) in [6, 6.07) is 7.81. The van der Waals surface area contributed by atoms with Gasteiger partial charge in [0.1, 0.15) is 17.2 Å². The number of hydrogen-bond acceptors (Lipinski definition) is 7. The van der Waals surface area contributed by atoms with Gasteiger partial charge in [-0.3, -0.25) is 9.36 Å². The van der Waals surface area contributed by atoms with Gasteiger partial charge >= 0.3 is 13.8 Å². The Hall–Kier alpha value is -3.54. The van der Waals surface area contributed by atoms with E-state index in [0.29, 0.717) is 29.6 Å². The molecule has 0 radical (unpaired) electrons. The van der Waals surface area contributed by atoms with Crippen LogP contribution in [0.2, 0.25) is 0 Å². The van der Waals surface area contributed by atoms with Crippen molar-refractivity contribution >= 4 is 36.8 Å². The summed E-state index contributed by atoms with van der Waals surface area (Å²) >= 11 is 0. The van der Waals surface area contributed by atoms with Crippen molar-refractivity contribution in [3.8, 4) is 0 Å². The predicted octanol–water partition coefficient (Wildman–Crippen LogP) is 5.16. The second kappa shape index (κ2) is 9.97. The van der Waals surface area contributed by atoms with E-state index in [0.717, 1.165) is 0 Å². The highest BCUT2D eigenvalue weighted by Crippen LogP contribution is 2.60. The summed E-state index contributed by atoms with van der Waals surface area (Å²) in [6.07, 6.45) is -2.34. The number of halogens is 3. The average Bonchev–Trinajstić information content (AvgIpc) is 3.14. The van der Waals surface area contributed by atoms with Crippen LogP contribution in [0.5, 0.6) is 0 Å². The second-order valence-corrected chi connectivity index (χ2v) is 10.9. The lowest BCUT2D eigenvalue weighted by atomic mass is 9.92. The van der Waals surface area contributed by atoms with Crippen LogP contribution in [0.1, 0.15) is 53.7 Å². The van der Waals surface area contributed by atoms with Crippen LogP contribution in [0, 0.1) is 0 Å². The summed E-state index contributed by atoms with van der Waals surface area (Å²) in [6.45, 7) is 3.70. The standard InChI is InChI=1S/C24H26F3N6O4P/c1-4-23(5-2,38(35,36)37)15-6-8-16(9-7-15)30-22-29-12-17(24(25,26)27)19(32-22)31-20-18-14(10-11-28-20)13-33(3)21(18)34/h6-12H,4-5,13H2,1-3H3,(H2,35,36,37)(H2,28,29,30,31,32). The number of amides is 1. The molecule has 1 amide bonds. The molecule has 0 bridgehead atoms. The van der Waals surface area contributed by atoms with Crippen molar-refractivity contribution in [1.29, 1.82) is 0 Å². The number of hydrogen-bond donors (Lipinski definition) is 4. The number of carbonyl (C=O) groups is 1. The zero-order valence-corrected chi connectivity index (χ0v) is 21.6. The molecule has 14 heteroatoms. The Morgan fingerprint density at radius 3 is 2.26 bits per heavy atom. The van der Waals surface area contributed by atoms with Crippen LogP contribution in [-0.2, 0) is 22.4 Å². The number of fused-ring (bicyclic) bond motifs is 1. The normalized spacial score (nSPS) is 14.0. The van der Waals surface area contributed by atoms with Gasteiger partial charge in [0, 0.05) is 31.7 Å². The van der Waals surface area contributed by atoms with Crippen LogP contribution in [0.25, 0.3) is 0 Å². The first-order chi connectivity index (χ1) is 17.8. The van der Waals surface area contributed by atoms with E-state index in [4.69, 9.17) is 0 Å².